The van der Waals surface area contributed by atoms with Crippen molar-refractivity contribution in [1.29, 1.82) is 0 Å². The molecule has 4 heteroatoms. The molecule has 1 aliphatic rings. The third-order valence-electron chi connectivity index (χ3n) is 3.33. The van der Waals surface area contributed by atoms with Crippen LogP contribution in [0.5, 0.6) is 0 Å². The van der Waals surface area contributed by atoms with Gasteiger partial charge in [0.05, 0.1) is 13.2 Å². The Morgan fingerprint density at radius 1 is 1.37 bits per heavy atom. The summed E-state index contributed by atoms with van der Waals surface area (Å²) in [6, 6.07) is 8.21. The fraction of sp³-hybridized carbons (Fsp3) is 0.533. The SMILES string of the molecule is Cc1cccc(CNC(=O)CCN2CCOCC2)c1. The van der Waals surface area contributed by atoms with Crippen molar-refractivity contribution >= 4 is 5.91 Å². The maximum absolute atomic E-state index is 11.8. The van der Waals surface area contributed by atoms with Gasteiger partial charge >= 0.3 is 0 Å². The molecule has 0 atom stereocenters. The van der Waals surface area contributed by atoms with Crippen LogP contribution in [0.1, 0.15) is 17.5 Å². The van der Waals surface area contributed by atoms with Gasteiger partial charge in [-0.3, -0.25) is 9.69 Å². The van der Waals surface area contributed by atoms with E-state index in [9.17, 15) is 4.79 Å². The van der Waals surface area contributed by atoms with Crippen molar-refractivity contribution < 1.29 is 9.53 Å². The van der Waals surface area contributed by atoms with E-state index >= 15 is 0 Å². The monoisotopic (exact) mass is 262 g/mol. The van der Waals surface area contributed by atoms with Crippen LogP contribution in [0.2, 0.25) is 0 Å². The second kappa shape index (κ2) is 7.26. The van der Waals surface area contributed by atoms with Crippen LogP contribution in [0.3, 0.4) is 0 Å². The predicted molar refractivity (Wildman–Crippen MR) is 74.9 cm³/mol. The van der Waals surface area contributed by atoms with Crippen LogP contribution in [0.25, 0.3) is 0 Å². The van der Waals surface area contributed by atoms with E-state index < -0.39 is 0 Å². The Kier molecular flexibility index (Phi) is 5.36. The highest BCUT2D eigenvalue weighted by molar-refractivity contribution is 5.76. The number of amides is 1. The zero-order valence-corrected chi connectivity index (χ0v) is 11.5. The molecule has 1 aromatic carbocycles. The lowest BCUT2D eigenvalue weighted by Gasteiger charge is -2.26. The zero-order valence-electron chi connectivity index (χ0n) is 11.5. The van der Waals surface area contributed by atoms with E-state index in [1.165, 1.54) is 5.56 Å². The quantitative estimate of drug-likeness (QED) is 0.870. The average molecular weight is 262 g/mol. The number of nitrogens with zero attached hydrogens (tertiary/aromatic N) is 1. The summed E-state index contributed by atoms with van der Waals surface area (Å²) in [5.41, 5.74) is 2.37. The first-order valence-electron chi connectivity index (χ1n) is 6.86. The molecule has 4 nitrogen and oxygen atoms in total. The Hall–Kier alpha value is -1.39. The molecular weight excluding hydrogens is 240 g/mol. The fourth-order valence-electron chi connectivity index (χ4n) is 2.20. The van der Waals surface area contributed by atoms with Crippen LogP contribution >= 0.6 is 0 Å². The van der Waals surface area contributed by atoms with Crippen LogP contribution < -0.4 is 5.32 Å². The number of morpholine rings is 1. The zero-order chi connectivity index (χ0) is 13.5. The van der Waals surface area contributed by atoms with Gasteiger partial charge in [0.15, 0.2) is 0 Å². The molecule has 1 aliphatic heterocycles. The Balaban J connectivity index is 1.66. The van der Waals surface area contributed by atoms with Crippen LogP contribution in [0.4, 0.5) is 0 Å². The maximum Gasteiger partial charge on any atom is 0.221 e. The number of hydrogen-bond acceptors (Lipinski definition) is 3. The van der Waals surface area contributed by atoms with Gasteiger partial charge in [0.1, 0.15) is 0 Å². The number of aryl methyl sites for hydroxylation is 1. The topological polar surface area (TPSA) is 41.6 Å². The summed E-state index contributed by atoms with van der Waals surface area (Å²) in [7, 11) is 0. The highest BCUT2D eigenvalue weighted by Gasteiger charge is 2.11. The molecule has 1 aromatic rings. The first-order valence-corrected chi connectivity index (χ1v) is 6.86. The number of benzene rings is 1. The Bertz CT molecular complexity index is 414. The molecule has 2 rings (SSSR count). The van der Waals surface area contributed by atoms with Crippen LogP contribution in [-0.2, 0) is 16.1 Å². The molecule has 19 heavy (non-hydrogen) atoms. The number of rotatable bonds is 5. The van der Waals surface area contributed by atoms with Crippen molar-refractivity contribution in [2.75, 3.05) is 32.8 Å². The minimum atomic E-state index is 0.119. The van der Waals surface area contributed by atoms with Gasteiger partial charge in [-0.25, -0.2) is 0 Å². The van der Waals surface area contributed by atoms with Crippen molar-refractivity contribution in [3.8, 4) is 0 Å². The van der Waals surface area contributed by atoms with Crippen LogP contribution in [0, 0.1) is 6.92 Å². The number of ether oxygens (including phenoxy) is 1. The predicted octanol–water partition coefficient (Wildman–Crippen LogP) is 1.33. The summed E-state index contributed by atoms with van der Waals surface area (Å²) in [4.78, 5) is 14.0. The molecule has 1 heterocycles. The van der Waals surface area contributed by atoms with Gasteiger partial charge in [-0.1, -0.05) is 29.8 Å². The van der Waals surface area contributed by atoms with E-state index in [1.54, 1.807) is 0 Å². The van der Waals surface area contributed by atoms with E-state index in [4.69, 9.17) is 4.74 Å². The van der Waals surface area contributed by atoms with E-state index in [-0.39, 0.29) is 5.91 Å². The van der Waals surface area contributed by atoms with Crippen LogP contribution in [-0.4, -0.2) is 43.7 Å². The van der Waals surface area contributed by atoms with Gasteiger partial charge in [-0.2, -0.15) is 0 Å². The summed E-state index contributed by atoms with van der Waals surface area (Å²) in [6.45, 7) is 6.93. The normalized spacial score (nSPS) is 16.3. The molecular formula is C15H22N2O2. The third-order valence-corrected chi connectivity index (χ3v) is 3.33. The highest BCUT2D eigenvalue weighted by Crippen LogP contribution is 2.03. The van der Waals surface area contributed by atoms with Gasteiger partial charge in [-0.05, 0) is 12.5 Å². The molecule has 0 saturated carbocycles. The van der Waals surface area contributed by atoms with Crippen molar-refractivity contribution in [1.82, 2.24) is 10.2 Å². The van der Waals surface area contributed by atoms with Crippen molar-refractivity contribution in [2.24, 2.45) is 0 Å². The first kappa shape index (κ1) is 14.0. The van der Waals surface area contributed by atoms with Gasteiger partial charge in [-0.15, -0.1) is 0 Å². The molecule has 1 saturated heterocycles. The second-order valence-electron chi connectivity index (χ2n) is 4.97. The fourth-order valence-corrected chi connectivity index (χ4v) is 2.20. The minimum absolute atomic E-state index is 0.119. The summed E-state index contributed by atoms with van der Waals surface area (Å²) in [5.74, 6) is 0.119. The second-order valence-corrected chi connectivity index (χ2v) is 4.97. The Labute approximate surface area is 114 Å². The summed E-state index contributed by atoms with van der Waals surface area (Å²) in [6.07, 6.45) is 0.561. The van der Waals surface area contributed by atoms with Gasteiger partial charge in [0.2, 0.25) is 5.91 Å². The molecule has 0 aromatic heterocycles. The number of carbonyl (C=O) groups excluding carboxylic acids is 1. The largest absolute Gasteiger partial charge is 0.379 e. The van der Waals surface area contributed by atoms with Crippen LogP contribution in [0.15, 0.2) is 24.3 Å². The molecule has 1 fully saturated rings. The lowest BCUT2D eigenvalue weighted by Crippen LogP contribution is -2.38. The molecule has 0 radical (unpaired) electrons. The van der Waals surface area contributed by atoms with Crippen molar-refractivity contribution in [3.63, 3.8) is 0 Å². The van der Waals surface area contributed by atoms with E-state index in [0.717, 1.165) is 38.4 Å². The highest BCUT2D eigenvalue weighted by atomic mass is 16.5. The molecule has 0 aliphatic carbocycles. The Morgan fingerprint density at radius 3 is 2.89 bits per heavy atom. The van der Waals surface area contributed by atoms with E-state index in [1.807, 2.05) is 12.1 Å². The van der Waals surface area contributed by atoms with E-state index in [0.29, 0.717) is 13.0 Å². The van der Waals surface area contributed by atoms with Gasteiger partial charge < -0.3 is 10.1 Å². The Morgan fingerprint density at radius 2 is 2.16 bits per heavy atom. The summed E-state index contributed by atoms with van der Waals surface area (Å²) in [5, 5.41) is 2.97. The standard InChI is InChI=1S/C15H22N2O2/c1-13-3-2-4-14(11-13)12-16-15(18)5-6-17-7-9-19-10-8-17/h2-4,11H,5-10,12H2,1H3,(H,16,18). The molecule has 0 bridgehead atoms. The molecule has 0 unspecified atom stereocenters. The molecule has 1 amide bonds. The third kappa shape index (κ3) is 5.01. The minimum Gasteiger partial charge on any atom is -0.379 e. The molecule has 104 valence electrons. The van der Waals surface area contributed by atoms with Crippen molar-refractivity contribution in [3.05, 3.63) is 35.4 Å². The van der Waals surface area contributed by atoms with Gasteiger partial charge in [0, 0.05) is 32.6 Å². The lowest BCUT2D eigenvalue weighted by molar-refractivity contribution is -0.121. The van der Waals surface area contributed by atoms with Crippen molar-refractivity contribution in [2.45, 2.75) is 19.9 Å². The number of carbonyl (C=O) groups is 1. The van der Waals surface area contributed by atoms with E-state index in [2.05, 4.69) is 29.3 Å². The number of hydrogen-bond donors (Lipinski definition) is 1. The first-order chi connectivity index (χ1) is 9.24. The molecule has 0 spiro atoms. The number of nitrogens with one attached hydrogen (secondary N) is 1. The lowest BCUT2D eigenvalue weighted by atomic mass is 10.1. The summed E-state index contributed by atoms with van der Waals surface area (Å²) < 4.78 is 5.28. The molecule has 1 N–H and O–H groups in total. The average Bonchev–Trinajstić information content (AvgIpc) is 2.44. The smallest absolute Gasteiger partial charge is 0.221 e. The van der Waals surface area contributed by atoms with Gasteiger partial charge in [0.25, 0.3) is 0 Å². The maximum atomic E-state index is 11.8. The summed E-state index contributed by atoms with van der Waals surface area (Å²) >= 11 is 0.